The lowest BCUT2D eigenvalue weighted by atomic mass is 10.1. The Labute approximate surface area is 162 Å². The van der Waals surface area contributed by atoms with Crippen LogP contribution in [-0.2, 0) is 9.59 Å². The maximum Gasteiger partial charge on any atom is 0.234 e. The van der Waals surface area contributed by atoms with Gasteiger partial charge in [0.05, 0.1) is 11.3 Å². The Kier molecular flexibility index (Phi) is 5.76. The molecule has 0 bridgehead atoms. The third-order valence-corrected chi connectivity index (χ3v) is 5.09. The van der Waals surface area contributed by atoms with Gasteiger partial charge in [-0.25, -0.2) is 4.98 Å². The molecule has 3 aromatic rings. The molecule has 0 saturated carbocycles. The molecular formula is C21H21N3O2S. The number of pyridine rings is 1. The predicted molar refractivity (Wildman–Crippen MR) is 111 cm³/mol. The Morgan fingerprint density at radius 1 is 0.963 bits per heavy atom. The Balaban J connectivity index is 1.67. The van der Waals surface area contributed by atoms with Gasteiger partial charge in [-0.2, -0.15) is 0 Å². The molecule has 0 aliphatic carbocycles. The molecule has 0 unspecified atom stereocenters. The summed E-state index contributed by atoms with van der Waals surface area (Å²) in [6.45, 7) is 5.49. The molecule has 0 aliphatic rings. The minimum atomic E-state index is -0.151. The van der Waals surface area contributed by atoms with Crippen LogP contribution in [0.1, 0.15) is 18.1 Å². The van der Waals surface area contributed by atoms with E-state index in [4.69, 9.17) is 4.98 Å². The van der Waals surface area contributed by atoms with Gasteiger partial charge in [0, 0.05) is 23.7 Å². The van der Waals surface area contributed by atoms with Gasteiger partial charge < -0.3 is 10.6 Å². The summed E-state index contributed by atoms with van der Waals surface area (Å²) in [7, 11) is 0. The van der Waals surface area contributed by atoms with Crippen molar-refractivity contribution in [3.8, 4) is 0 Å². The van der Waals surface area contributed by atoms with E-state index in [0.717, 1.165) is 27.1 Å². The second-order valence-electron chi connectivity index (χ2n) is 6.36. The highest BCUT2D eigenvalue weighted by molar-refractivity contribution is 8.00. The standard InChI is InChI=1S/C21H21N3O2S/c1-13-6-4-7-16-10-14(2)21(24-20(13)16)27-12-19(26)23-18-9-5-8-17(11-18)22-15(3)25/h4-11H,12H2,1-3H3,(H,22,25)(H,23,26). The molecule has 27 heavy (non-hydrogen) atoms. The van der Waals surface area contributed by atoms with Crippen LogP contribution in [0.3, 0.4) is 0 Å². The van der Waals surface area contributed by atoms with Gasteiger partial charge in [-0.15, -0.1) is 0 Å². The van der Waals surface area contributed by atoms with Crippen LogP contribution >= 0.6 is 11.8 Å². The topological polar surface area (TPSA) is 71.1 Å². The van der Waals surface area contributed by atoms with Crippen LogP contribution in [0.25, 0.3) is 10.9 Å². The Hall–Kier alpha value is -2.86. The lowest BCUT2D eigenvalue weighted by molar-refractivity contribution is -0.114. The number of anilines is 2. The summed E-state index contributed by atoms with van der Waals surface area (Å²) in [5.74, 6) is -0.0106. The molecule has 2 aromatic carbocycles. The Morgan fingerprint density at radius 3 is 2.41 bits per heavy atom. The van der Waals surface area contributed by atoms with Crippen molar-refractivity contribution in [2.45, 2.75) is 25.8 Å². The van der Waals surface area contributed by atoms with E-state index in [-0.39, 0.29) is 17.6 Å². The van der Waals surface area contributed by atoms with E-state index in [1.807, 2.05) is 32.0 Å². The molecule has 0 atom stereocenters. The Bertz CT molecular complexity index is 1020. The quantitative estimate of drug-likeness (QED) is 0.639. The number of rotatable bonds is 5. The van der Waals surface area contributed by atoms with E-state index in [2.05, 4.69) is 16.7 Å². The number of benzene rings is 2. The van der Waals surface area contributed by atoms with Gasteiger partial charge in [0.1, 0.15) is 5.03 Å². The number of aryl methyl sites for hydroxylation is 2. The van der Waals surface area contributed by atoms with Crippen LogP contribution < -0.4 is 10.6 Å². The van der Waals surface area contributed by atoms with Crippen molar-refractivity contribution >= 4 is 45.9 Å². The first-order chi connectivity index (χ1) is 12.9. The molecule has 0 fully saturated rings. The van der Waals surface area contributed by atoms with Gasteiger partial charge in [0.25, 0.3) is 0 Å². The second-order valence-corrected chi connectivity index (χ2v) is 7.32. The van der Waals surface area contributed by atoms with E-state index < -0.39 is 0 Å². The minimum Gasteiger partial charge on any atom is -0.326 e. The first-order valence-electron chi connectivity index (χ1n) is 8.59. The number of thioether (sulfide) groups is 1. The van der Waals surface area contributed by atoms with Gasteiger partial charge in [-0.1, -0.05) is 36.0 Å². The summed E-state index contributed by atoms with van der Waals surface area (Å²) in [5, 5.41) is 7.52. The van der Waals surface area contributed by atoms with Gasteiger partial charge in [-0.3, -0.25) is 9.59 Å². The van der Waals surface area contributed by atoms with Crippen LogP contribution in [0.2, 0.25) is 0 Å². The zero-order chi connectivity index (χ0) is 19.4. The number of carbonyl (C=O) groups is 2. The smallest absolute Gasteiger partial charge is 0.234 e. The summed E-state index contributed by atoms with van der Waals surface area (Å²) >= 11 is 1.42. The first-order valence-corrected chi connectivity index (χ1v) is 9.58. The van der Waals surface area contributed by atoms with Crippen LogP contribution in [0, 0.1) is 13.8 Å². The summed E-state index contributed by atoms with van der Waals surface area (Å²) in [5.41, 5.74) is 4.43. The molecule has 1 aromatic heterocycles. The van der Waals surface area contributed by atoms with E-state index >= 15 is 0 Å². The zero-order valence-corrected chi connectivity index (χ0v) is 16.3. The molecule has 2 amide bonds. The van der Waals surface area contributed by atoms with Crippen LogP contribution in [0.5, 0.6) is 0 Å². The average Bonchev–Trinajstić information content (AvgIpc) is 2.60. The molecule has 6 heteroatoms. The third kappa shape index (κ3) is 4.86. The number of hydrogen-bond donors (Lipinski definition) is 2. The fourth-order valence-electron chi connectivity index (χ4n) is 2.79. The molecule has 0 spiro atoms. The lowest BCUT2D eigenvalue weighted by Crippen LogP contribution is -2.14. The van der Waals surface area contributed by atoms with Crippen LogP contribution in [0.4, 0.5) is 11.4 Å². The van der Waals surface area contributed by atoms with Gasteiger partial charge in [0.15, 0.2) is 0 Å². The van der Waals surface area contributed by atoms with Crippen LogP contribution in [-0.4, -0.2) is 22.6 Å². The molecule has 1 heterocycles. The maximum absolute atomic E-state index is 12.3. The summed E-state index contributed by atoms with van der Waals surface area (Å²) < 4.78 is 0. The van der Waals surface area contributed by atoms with Gasteiger partial charge >= 0.3 is 0 Å². The zero-order valence-electron chi connectivity index (χ0n) is 15.5. The number of aromatic nitrogens is 1. The number of nitrogens with one attached hydrogen (secondary N) is 2. The summed E-state index contributed by atoms with van der Waals surface area (Å²) in [6, 6.07) is 15.3. The fraction of sp³-hybridized carbons (Fsp3) is 0.190. The largest absolute Gasteiger partial charge is 0.326 e. The van der Waals surface area contributed by atoms with E-state index in [9.17, 15) is 9.59 Å². The van der Waals surface area contributed by atoms with Crippen molar-refractivity contribution in [2.24, 2.45) is 0 Å². The first kappa shape index (κ1) is 18.9. The van der Waals surface area contributed by atoms with Crippen molar-refractivity contribution in [1.29, 1.82) is 0 Å². The Morgan fingerprint density at radius 2 is 1.67 bits per heavy atom. The highest BCUT2D eigenvalue weighted by Crippen LogP contribution is 2.26. The van der Waals surface area contributed by atoms with Crippen molar-refractivity contribution in [2.75, 3.05) is 16.4 Å². The molecule has 0 saturated heterocycles. The fourth-order valence-corrected chi connectivity index (χ4v) is 3.57. The van der Waals surface area contributed by atoms with Crippen molar-refractivity contribution in [3.05, 3.63) is 59.7 Å². The molecule has 138 valence electrons. The highest BCUT2D eigenvalue weighted by atomic mass is 32.2. The predicted octanol–water partition coefficient (Wildman–Crippen LogP) is 4.54. The minimum absolute atomic E-state index is 0.119. The maximum atomic E-state index is 12.3. The number of nitrogens with zero attached hydrogens (tertiary/aromatic N) is 1. The summed E-state index contributed by atoms with van der Waals surface area (Å²) in [6.07, 6.45) is 0. The number of carbonyl (C=O) groups excluding carboxylic acids is 2. The molecular weight excluding hydrogens is 358 g/mol. The number of hydrogen-bond acceptors (Lipinski definition) is 4. The molecule has 2 N–H and O–H groups in total. The van der Waals surface area contributed by atoms with Crippen LogP contribution in [0.15, 0.2) is 53.6 Å². The van der Waals surface area contributed by atoms with Crippen molar-refractivity contribution in [1.82, 2.24) is 4.98 Å². The number of para-hydroxylation sites is 1. The third-order valence-electron chi connectivity index (χ3n) is 4.00. The molecule has 0 radical (unpaired) electrons. The van der Waals surface area contributed by atoms with E-state index in [0.29, 0.717) is 11.4 Å². The number of fused-ring (bicyclic) bond motifs is 1. The average molecular weight is 379 g/mol. The normalized spacial score (nSPS) is 10.6. The molecule has 3 rings (SSSR count). The second kappa shape index (κ2) is 8.22. The molecule has 5 nitrogen and oxygen atoms in total. The van der Waals surface area contributed by atoms with Crippen molar-refractivity contribution < 1.29 is 9.59 Å². The number of amides is 2. The van der Waals surface area contributed by atoms with E-state index in [1.165, 1.54) is 18.7 Å². The van der Waals surface area contributed by atoms with Crippen molar-refractivity contribution in [3.63, 3.8) is 0 Å². The highest BCUT2D eigenvalue weighted by Gasteiger charge is 2.10. The SMILES string of the molecule is CC(=O)Nc1cccc(NC(=O)CSc2nc3c(C)cccc3cc2C)c1. The van der Waals surface area contributed by atoms with Gasteiger partial charge in [0.2, 0.25) is 11.8 Å². The van der Waals surface area contributed by atoms with Gasteiger partial charge in [-0.05, 0) is 49.2 Å². The van der Waals surface area contributed by atoms with E-state index in [1.54, 1.807) is 24.3 Å². The summed E-state index contributed by atoms with van der Waals surface area (Å²) in [4.78, 5) is 28.2. The molecule has 0 aliphatic heterocycles. The monoisotopic (exact) mass is 379 g/mol. The lowest BCUT2D eigenvalue weighted by Gasteiger charge is -2.10.